The number of aromatic nitrogens is 1. The topological polar surface area (TPSA) is 60.2 Å². The van der Waals surface area contributed by atoms with Gasteiger partial charge in [-0.05, 0) is 63.0 Å². The van der Waals surface area contributed by atoms with E-state index in [9.17, 15) is 0 Å². The van der Waals surface area contributed by atoms with Crippen molar-refractivity contribution >= 4 is 49.1 Å². The number of nitrogens with zero attached hydrogens (tertiary/aromatic N) is 1. The third-order valence-corrected chi connectivity index (χ3v) is 3.71. The summed E-state index contributed by atoms with van der Waals surface area (Å²) in [4.78, 5) is 4.34. The molecule has 1 aromatic carbocycles. The second-order valence-corrected chi connectivity index (χ2v) is 5.45. The summed E-state index contributed by atoms with van der Waals surface area (Å²) in [6.45, 7) is 2.42. The summed E-state index contributed by atoms with van der Waals surface area (Å²) < 4.78 is 7.26. The van der Waals surface area contributed by atoms with Crippen molar-refractivity contribution < 1.29 is 4.74 Å². The summed E-state index contributed by atoms with van der Waals surface area (Å²) >= 11 is 6.98. The first-order valence-electron chi connectivity index (χ1n) is 5.72. The number of hydrogen-bond donors (Lipinski definition) is 2. The van der Waals surface area contributed by atoms with Crippen molar-refractivity contribution in [3.05, 3.63) is 39.3 Å². The Kier molecular flexibility index (Phi) is 4.66. The average molecular weight is 387 g/mol. The van der Waals surface area contributed by atoms with Gasteiger partial charge in [0, 0.05) is 8.95 Å². The van der Waals surface area contributed by atoms with Crippen molar-refractivity contribution in [3.63, 3.8) is 0 Å². The van der Waals surface area contributed by atoms with E-state index in [1.54, 1.807) is 6.07 Å². The molecule has 1 aromatic heterocycles. The summed E-state index contributed by atoms with van der Waals surface area (Å²) in [6.07, 6.45) is 0. The highest BCUT2D eigenvalue weighted by molar-refractivity contribution is 9.11. The van der Waals surface area contributed by atoms with Gasteiger partial charge < -0.3 is 15.8 Å². The Hall–Kier alpha value is -1.27. The van der Waals surface area contributed by atoms with Crippen LogP contribution in [0.3, 0.4) is 0 Å². The van der Waals surface area contributed by atoms with Gasteiger partial charge in [0.25, 0.3) is 0 Å². The molecule has 0 fully saturated rings. The van der Waals surface area contributed by atoms with E-state index in [4.69, 9.17) is 10.5 Å². The molecule has 4 nitrogen and oxygen atoms in total. The van der Waals surface area contributed by atoms with Crippen LogP contribution in [0.2, 0.25) is 0 Å². The lowest BCUT2D eigenvalue weighted by molar-refractivity contribution is 0.329. The fourth-order valence-electron chi connectivity index (χ4n) is 1.52. The van der Waals surface area contributed by atoms with Crippen molar-refractivity contribution in [2.45, 2.75) is 6.92 Å². The number of anilines is 3. The van der Waals surface area contributed by atoms with Gasteiger partial charge in [-0.15, -0.1) is 0 Å². The van der Waals surface area contributed by atoms with Crippen LogP contribution in [0.1, 0.15) is 6.92 Å². The predicted molar refractivity (Wildman–Crippen MR) is 84.9 cm³/mol. The zero-order valence-electron chi connectivity index (χ0n) is 10.3. The van der Waals surface area contributed by atoms with Gasteiger partial charge in [0.15, 0.2) is 0 Å². The highest BCUT2D eigenvalue weighted by atomic mass is 79.9. The molecule has 19 heavy (non-hydrogen) atoms. The predicted octanol–water partition coefficient (Wildman–Crippen LogP) is 4.33. The molecule has 0 aliphatic carbocycles. The number of ether oxygens (including phenoxy) is 1. The molecule has 0 aliphatic rings. The van der Waals surface area contributed by atoms with Crippen molar-refractivity contribution in [2.24, 2.45) is 0 Å². The summed E-state index contributed by atoms with van der Waals surface area (Å²) in [6, 6.07) is 9.43. The first kappa shape index (κ1) is 14.1. The van der Waals surface area contributed by atoms with Crippen LogP contribution in [0.15, 0.2) is 39.3 Å². The highest BCUT2D eigenvalue weighted by Crippen LogP contribution is 2.33. The van der Waals surface area contributed by atoms with E-state index in [0.717, 1.165) is 14.6 Å². The second-order valence-electron chi connectivity index (χ2n) is 3.75. The zero-order valence-corrected chi connectivity index (χ0v) is 13.5. The molecule has 0 unspecified atom stereocenters. The number of para-hydroxylation sites is 1. The summed E-state index contributed by atoms with van der Waals surface area (Å²) in [7, 11) is 0. The van der Waals surface area contributed by atoms with Gasteiger partial charge in [0.05, 0.1) is 18.0 Å². The van der Waals surface area contributed by atoms with Gasteiger partial charge in [0.2, 0.25) is 5.88 Å². The molecular weight excluding hydrogens is 374 g/mol. The van der Waals surface area contributed by atoms with E-state index in [1.165, 1.54) is 0 Å². The van der Waals surface area contributed by atoms with Gasteiger partial charge in [0.1, 0.15) is 5.82 Å². The first-order chi connectivity index (χ1) is 9.11. The molecular formula is C13H13Br2N3O. The van der Waals surface area contributed by atoms with Crippen LogP contribution < -0.4 is 15.8 Å². The maximum atomic E-state index is 5.79. The summed E-state index contributed by atoms with van der Waals surface area (Å²) in [5, 5.41) is 3.23. The van der Waals surface area contributed by atoms with Gasteiger partial charge in [-0.25, -0.2) is 0 Å². The number of nitrogens with one attached hydrogen (secondary N) is 1. The van der Waals surface area contributed by atoms with Crippen LogP contribution in [-0.2, 0) is 0 Å². The maximum Gasteiger partial charge on any atom is 0.239 e. The number of benzene rings is 1. The molecule has 0 spiro atoms. The van der Waals surface area contributed by atoms with Crippen molar-refractivity contribution in [1.82, 2.24) is 4.98 Å². The quantitative estimate of drug-likeness (QED) is 0.820. The van der Waals surface area contributed by atoms with Crippen LogP contribution in [0, 0.1) is 0 Å². The Bertz CT molecular complexity index is 570. The monoisotopic (exact) mass is 385 g/mol. The molecule has 2 rings (SSSR count). The van der Waals surface area contributed by atoms with Crippen LogP contribution in [-0.4, -0.2) is 11.6 Å². The van der Waals surface area contributed by atoms with Crippen LogP contribution in [0.25, 0.3) is 0 Å². The lowest BCUT2D eigenvalue weighted by Crippen LogP contribution is -2.02. The second kappa shape index (κ2) is 6.25. The first-order valence-corrected chi connectivity index (χ1v) is 7.30. The van der Waals surface area contributed by atoms with Crippen molar-refractivity contribution in [2.75, 3.05) is 17.7 Å². The fourth-order valence-corrected chi connectivity index (χ4v) is 2.72. The van der Waals surface area contributed by atoms with E-state index >= 15 is 0 Å². The molecule has 0 bridgehead atoms. The molecule has 1 heterocycles. The average Bonchev–Trinajstić information content (AvgIpc) is 2.38. The lowest BCUT2D eigenvalue weighted by Gasteiger charge is -2.12. The molecule has 0 radical (unpaired) electrons. The van der Waals surface area contributed by atoms with Gasteiger partial charge in [-0.2, -0.15) is 4.98 Å². The number of hydrogen-bond acceptors (Lipinski definition) is 4. The van der Waals surface area contributed by atoms with E-state index in [1.807, 2.05) is 31.2 Å². The standard InChI is InChI=1S/C13H13Br2N3O/c1-2-19-13-10(16)6-7-11(18-13)17-12-8(14)4-3-5-9(12)15/h3-7H,2,16H2,1H3,(H,17,18). The van der Waals surface area contributed by atoms with Gasteiger partial charge >= 0.3 is 0 Å². The van der Waals surface area contributed by atoms with Crippen LogP contribution in [0.4, 0.5) is 17.2 Å². The number of halogens is 2. The Morgan fingerprint density at radius 1 is 1.21 bits per heavy atom. The number of rotatable bonds is 4. The van der Waals surface area contributed by atoms with E-state index in [-0.39, 0.29) is 0 Å². The highest BCUT2D eigenvalue weighted by Gasteiger charge is 2.08. The minimum absolute atomic E-state index is 0.440. The minimum Gasteiger partial charge on any atom is -0.476 e. The van der Waals surface area contributed by atoms with E-state index < -0.39 is 0 Å². The SMILES string of the molecule is CCOc1nc(Nc2c(Br)cccc2Br)ccc1N. The maximum absolute atomic E-state index is 5.79. The summed E-state index contributed by atoms with van der Waals surface area (Å²) in [5.74, 6) is 1.11. The van der Waals surface area contributed by atoms with Crippen molar-refractivity contribution in [3.8, 4) is 5.88 Å². The molecule has 0 amide bonds. The number of pyridine rings is 1. The van der Waals surface area contributed by atoms with Gasteiger partial charge in [-0.3, -0.25) is 0 Å². The molecule has 3 N–H and O–H groups in total. The Balaban J connectivity index is 2.31. The third-order valence-electron chi connectivity index (χ3n) is 2.39. The molecule has 0 aliphatic heterocycles. The third kappa shape index (κ3) is 3.39. The summed E-state index contributed by atoms with van der Waals surface area (Å²) in [5.41, 5.74) is 7.23. The number of nitrogens with two attached hydrogens (primary N) is 1. The lowest BCUT2D eigenvalue weighted by atomic mass is 10.3. The molecule has 0 saturated carbocycles. The largest absolute Gasteiger partial charge is 0.476 e. The zero-order chi connectivity index (χ0) is 13.8. The van der Waals surface area contributed by atoms with E-state index in [0.29, 0.717) is 24.0 Å². The molecule has 6 heteroatoms. The number of nitrogen functional groups attached to an aromatic ring is 1. The Morgan fingerprint density at radius 2 is 1.89 bits per heavy atom. The van der Waals surface area contributed by atoms with Crippen LogP contribution in [0.5, 0.6) is 5.88 Å². The van der Waals surface area contributed by atoms with Crippen molar-refractivity contribution in [1.29, 1.82) is 0 Å². The molecule has 0 saturated heterocycles. The smallest absolute Gasteiger partial charge is 0.239 e. The van der Waals surface area contributed by atoms with Crippen LogP contribution >= 0.6 is 31.9 Å². The Labute approximate surface area is 128 Å². The van der Waals surface area contributed by atoms with Gasteiger partial charge in [-0.1, -0.05) is 6.07 Å². The normalized spacial score (nSPS) is 10.3. The fraction of sp³-hybridized carbons (Fsp3) is 0.154. The molecule has 0 atom stereocenters. The molecule has 100 valence electrons. The minimum atomic E-state index is 0.440. The Morgan fingerprint density at radius 3 is 2.53 bits per heavy atom. The molecule has 2 aromatic rings. The van der Waals surface area contributed by atoms with E-state index in [2.05, 4.69) is 42.2 Å².